The number of fused-ring (bicyclic) bond motifs is 1. The van der Waals surface area contributed by atoms with E-state index in [0.29, 0.717) is 23.1 Å². The van der Waals surface area contributed by atoms with E-state index in [4.69, 9.17) is 0 Å². The van der Waals surface area contributed by atoms with Crippen molar-refractivity contribution in [2.45, 2.75) is 64.0 Å². The van der Waals surface area contributed by atoms with Gasteiger partial charge in [-0.15, -0.1) is 11.3 Å². The van der Waals surface area contributed by atoms with Crippen molar-refractivity contribution in [1.82, 2.24) is 25.3 Å². The summed E-state index contributed by atoms with van der Waals surface area (Å²) in [7, 11) is 0. The monoisotopic (exact) mass is 417 g/mol. The van der Waals surface area contributed by atoms with Gasteiger partial charge in [0.05, 0.1) is 11.7 Å². The Morgan fingerprint density at radius 2 is 2.03 bits per heavy atom. The van der Waals surface area contributed by atoms with E-state index in [2.05, 4.69) is 15.7 Å². The average Bonchev–Trinajstić information content (AvgIpc) is 3.24. The lowest BCUT2D eigenvalue weighted by atomic mass is 9.82. The van der Waals surface area contributed by atoms with E-state index in [1.54, 1.807) is 0 Å². The minimum atomic E-state index is -0.884. The second-order valence-corrected chi connectivity index (χ2v) is 8.64. The lowest BCUT2D eigenvalue weighted by Crippen LogP contribution is -2.51. The van der Waals surface area contributed by atoms with E-state index < -0.39 is 23.4 Å². The summed E-state index contributed by atoms with van der Waals surface area (Å²) in [6.45, 7) is 2.13. The van der Waals surface area contributed by atoms with Gasteiger partial charge in [0.15, 0.2) is 0 Å². The summed E-state index contributed by atoms with van der Waals surface area (Å²) in [5, 5.41) is 4.07. The molecular formula is C19H23N5O4S. The summed E-state index contributed by atoms with van der Waals surface area (Å²) in [5.41, 5.74) is 1.31. The number of carbonyl (C=O) groups is 3. The first-order chi connectivity index (χ1) is 13.9. The molecule has 154 valence electrons. The van der Waals surface area contributed by atoms with Crippen molar-refractivity contribution < 1.29 is 14.4 Å². The van der Waals surface area contributed by atoms with Crippen molar-refractivity contribution in [3.63, 3.8) is 0 Å². The molecule has 0 atom stereocenters. The van der Waals surface area contributed by atoms with Gasteiger partial charge in [-0.05, 0) is 25.3 Å². The first kappa shape index (κ1) is 19.6. The van der Waals surface area contributed by atoms with Crippen molar-refractivity contribution in [1.29, 1.82) is 0 Å². The largest absolute Gasteiger partial charge is 0.344 e. The molecule has 1 saturated heterocycles. The van der Waals surface area contributed by atoms with Crippen LogP contribution in [-0.2, 0) is 22.6 Å². The van der Waals surface area contributed by atoms with Gasteiger partial charge in [0.2, 0.25) is 5.91 Å². The van der Waals surface area contributed by atoms with E-state index in [0.717, 1.165) is 35.6 Å². The number of carbonyl (C=O) groups excluding carboxylic acids is 3. The van der Waals surface area contributed by atoms with Crippen LogP contribution in [-0.4, -0.2) is 37.9 Å². The molecule has 1 saturated carbocycles. The van der Waals surface area contributed by atoms with E-state index >= 15 is 0 Å². The van der Waals surface area contributed by atoms with E-state index in [-0.39, 0.29) is 18.5 Å². The topological polar surface area (TPSA) is 113 Å². The Kier molecular flexibility index (Phi) is 5.12. The van der Waals surface area contributed by atoms with Crippen LogP contribution in [0.4, 0.5) is 4.79 Å². The lowest BCUT2D eigenvalue weighted by Gasteiger charge is -2.30. The summed E-state index contributed by atoms with van der Waals surface area (Å²) >= 11 is 1.48. The number of hydrogen-bond acceptors (Lipinski definition) is 6. The Hall–Kier alpha value is -2.75. The number of rotatable bonds is 5. The van der Waals surface area contributed by atoms with Gasteiger partial charge in [0.25, 0.3) is 11.5 Å². The number of nitrogens with zero attached hydrogens (tertiary/aromatic N) is 3. The van der Waals surface area contributed by atoms with E-state index in [1.807, 2.05) is 13.0 Å². The molecule has 3 heterocycles. The van der Waals surface area contributed by atoms with Gasteiger partial charge in [0, 0.05) is 17.8 Å². The number of aromatic nitrogens is 2. The number of imide groups is 1. The van der Waals surface area contributed by atoms with Crippen molar-refractivity contribution in [3.8, 4) is 0 Å². The summed E-state index contributed by atoms with van der Waals surface area (Å²) in [6.07, 6.45) is 6.16. The highest BCUT2D eigenvalue weighted by molar-refractivity contribution is 7.18. The third-order valence-corrected chi connectivity index (χ3v) is 6.79. The highest BCUT2D eigenvalue weighted by Crippen LogP contribution is 2.33. The van der Waals surface area contributed by atoms with Crippen LogP contribution in [0.15, 0.2) is 17.2 Å². The number of amides is 4. The second-order valence-electron chi connectivity index (χ2n) is 7.53. The van der Waals surface area contributed by atoms with Crippen LogP contribution >= 0.6 is 11.3 Å². The van der Waals surface area contributed by atoms with Crippen molar-refractivity contribution in [3.05, 3.63) is 27.6 Å². The standard InChI is InChI=1S/C19H23N5O4S/c1-2-12-10-13-15(29-12)20-11-23(16(13)26)9-6-14(25)22-24-17(27)19(21-18(24)28)7-4-3-5-8-19/h10-11H,2-9H2,1H3,(H,21,28)(H,22,25). The third-order valence-electron chi connectivity index (χ3n) is 5.60. The molecule has 2 N–H and O–H groups in total. The maximum Gasteiger partial charge on any atom is 0.344 e. The zero-order chi connectivity index (χ0) is 20.6. The molecule has 0 bridgehead atoms. The van der Waals surface area contributed by atoms with Gasteiger partial charge in [-0.2, -0.15) is 5.01 Å². The number of hydrazine groups is 1. The fourth-order valence-corrected chi connectivity index (χ4v) is 4.89. The zero-order valence-corrected chi connectivity index (χ0v) is 17.0. The van der Waals surface area contributed by atoms with E-state index in [1.165, 1.54) is 22.2 Å². The Labute approximate surface area is 171 Å². The average molecular weight is 417 g/mol. The minimum Gasteiger partial charge on any atom is -0.322 e. The number of nitrogens with one attached hydrogen (secondary N) is 2. The van der Waals surface area contributed by atoms with Gasteiger partial charge >= 0.3 is 6.03 Å². The number of thiophene rings is 1. The maximum atomic E-state index is 12.7. The van der Waals surface area contributed by atoms with Crippen LogP contribution in [0.2, 0.25) is 0 Å². The highest BCUT2D eigenvalue weighted by Gasteiger charge is 2.52. The zero-order valence-electron chi connectivity index (χ0n) is 16.2. The predicted octanol–water partition coefficient (Wildman–Crippen LogP) is 1.70. The summed E-state index contributed by atoms with van der Waals surface area (Å²) in [5.74, 6) is -0.908. The first-order valence-electron chi connectivity index (χ1n) is 9.87. The van der Waals surface area contributed by atoms with Crippen molar-refractivity contribution >= 4 is 39.4 Å². The Morgan fingerprint density at radius 3 is 2.76 bits per heavy atom. The van der Waals surface area contributed by atoms with Crippen molar-refractivity contribution in [2.24, 2.45) is 0 Å². The quantitative estimate of drug-likeness (QED) is 0.719. The molecule has 29 heavy (non-hydrogen) atoms. The van der Waals surface area contributed by atoms with Crippen LogP contribution in [0.1, 0.15) is 50.3 Å². The summed E-state index contributed by atoms with van der Waals surface area (Å²) < 4.78 is 1.38. The molecule has 0 aromatic carbocycles. The lowest BCUT2D eigenvalue weighted by molar-refractivity contribution is -0.140. The highest BCUT2D eigenvalue weighted by atomic mass is 32.1. The molecule has 2 aromatic rings. The molecule has 9 nitrogen and oxygen atoms in total. The normalized spacial score (nSPS) is 18.4. The first-order valence-corrected chi connectivity index (χ1v) is 10.7. The fourth-order valence-electron chi connectivity index (χ4n) is 3.96. The van der Waals surface area contributed by atoms with Gasteiger partial charge in [-0.1, -0.05) is 26.2 Å². The molecule has 1 aliphatic heterocycles. The molecule has 2 aromatic heterocycles. The Balaban J connectivity index is 1.41. The molecule has 2 fully saturated rings. The molecule has 1 aliphatic carbocycles. The molecular weight excluding hydrogens is 394 g/mol. The van der Waals surface area contributed by atoms with Crippen LogP contribution in [0.5, 0.6) is 0 Å². The molecule has 4 amide bonds. The van der Waals surface area contributed by atoms with Gasteiger partial charge in [0.1, 0.15) is 10.4 Å². The maximum absolute atomic E-state index is 12.7. The molecule has 1 spiro atoms. The summed E-state index contributed by atoms with van der Waals surface area (Å²) in [4.78, 5) is 55.9. The SMILES string of the molecule is CCc1cc2c(=O)n(CCC(=O)NN3C(=O)NC4(CCCCC4)C3=O)cnc2s1. The molecule has 0 radical (unpaired) electrons. The number of aryl methyl sites for hydroxylation is 2. The molecule has 2 aliphatic rings. The van der Waals surface area contributed by atoms with Gasteiger partial charge in [-0.3, -0.25) is 24.4 Å². The van der Waals surface area contributed by atoms with Gasteiger partial charge in [-0.25, -0.2) is 9.78 Å². The number of urea groups is 1. The second kappa shape index (κ2) is 7.58. The minimum absolute atomic E-state index is 0.0536. The van der Waals surface area contributed by atoms with E-state index in [9.17, 15) is 19.2 Å². The van der Waals surface area contributed by atoms with Gasteiger partial charge < -0.3 is 5.32 Å². The Bertz CT molecular complexity index is 1040. The predicted molar refractivity (Wildman–Crippen MR) is 107 cm³/mol. The van der Waals surface area contributed by atoms with Crippen LogP contribution in [0.25, 0.3) is 10.2 Å². The third kappa shape index (κ3) is 3.52. The molecule has 4 rings (SSSR count). The van der Waals surface area contributed by atoms with Crippen LogP contribution in [0.3, 0.4) is 0 Å². The van der Waals surface area contributed by atoms with Crippen molar-refractivity contribution in [2.75, 3.05) is 0 Å². The molecule has 0 unspecified atom stereocenters. The van der Waals surface area contributed by atoms with Crippen LogP contribution < -0.4 is 16.3 Å². The number of hydrogen-bond donors (Lipinski definition) is 2. The summed E-state index contributed by atoms with van der Waals surface area (Å²) in [6, 6.07) is 1.24. The smallest absolute Gasteiger partial charge is 0.322 e. The van der Waals surface area contributed by atoms with Crippen LogP contribution in [0, 0.1) is 0 Å². The fraction of sp³-hybridized carbons (Fsp3) is 0.526. The molecule has 10 heteroatoms. The Morgan fingerprint density at radius 1 is 1.28 bits per heavy atom.